The smallest absolute Gasteiger partial charge is 0.322 e. The molecule has 3 rings (SSSR count). The highest BCUT2D eigenvalue weighted by Crippen LogP contribution is 2.39. The number of ketones is 1. The highest BCUT2D eigenvalue weighted by atomic mass is 16.5. The van der Waals surface area contributed by atoms with Crippen molar-refractivity contribution in [3.63, 3.8) is 0 Å². The van der Waals surface area contributed by atoms with Gasteiger partial charge >= 0.3 is 5.97 Å². The molecule has 8 heteroatoms. The summed E-state index contributed by atoms with van der Waals surface area (Å²) in [5.74, 6) is -0.170. The minimum atomic E-state index is -1.42. The monoisotopic (exact) mass is 413 g/mol. The molecule has 0 saturated carbocycles. The van der Waals surface area contributed by atoms with Crippen molar-refractivity contribution >= 4 is 11.8 Å². The minimum Gasteiger partial charge on any atom is -0.497 e. The first-order valence-electron chi connectivity index (χ1n) is 9.79. The third kappa shape index (κ3) is 4.14. The van der Waals surface area contributed by atoms with Crippen LogP contribution in [0.25, 0.3) is 0 Å². The third-order valence-electron chi connectivity index (χ3n) is 5.60. The van der Waals surface area contributed by atoms with E-state index in [9.17, 15) is 9.59 Å². The van der Waals surface area contributed by atoms with Crippen LogP contribution in [0.3, 0.4) is 0 Å². The maximum absolute atomic E-state index is 12.8. The Kier molecular flexibility index (Phi) is 6.36. The maximum Gasteiger partial charge on any atom is 0.322 e. The van der Waals surface area contributed by atoms with Gasteiger partial charge in [-0.3, -0.25) is 9.59 Å². The number of carbonyl (C=O) groups excluding carboxylic acids is 2. The topological polar surface area (TPSA) is 92.5 Å². The molecule has 0 bridgehead atoms. The van der Waals surface area contributed by atoms with Gasteiger partial charge in [0.1, 0.15) is 5.75 Å². The van der Waals surface area contributed by atoms with Crippen molar-refractivity contribution in [3.05, 3.63) is 53.9 Å². The Morgan fingerprint density at radius 1 is 1.37 bits per heavy atom. The molecular weight excluding hydrogens is 386 g/mol. The van der Waals surface area contributed by atoms with Crippen LogP contribution in [0.2, 0.25) is 0 Å². The number of methoxy groups -OCH3 is 2. The van der Waals surface area contributed by atoms with Crippen LogP contribution in [-0.2, 0) is 32.0 Å². The van der Waals surface area contributed by atoms with Gasteiger partial charge in [0, 0.05) is 11.8 Å². The van der Waals surface area contributed by atoms with Gasteiger partial charge in [0.25, 0.3) is 0 Å². The molecule has 2 aromatic rings. The number of hydrogen-bond acceptors (Lipinski definition) is 7. The van der Waals surface area contributed by atoms with Crippen LogP contribution in [-0.4, -0.2) is 53.2 Å². The van der Waals surface area contributed by atoms with Crippen LogP contribution >= 0.6 is 0 Å². The summed E-state index contributed by atoms with van der Waals surface area (Å²) in [6.07, 6.45) is 1.68. The Morgan fingerprint density at radius 2 is 2.13 bits per heavy atom. The van der Waals surface area contributed by atoms with E-state index in [1.165, 1.54) is 7.11 Å². The fraction of sp³-hybridized carbons (Fsp3) is 0.455. The van der Waals surface area contributed by atoms with E-state index in [1.807, 2.05) is 30.5 Å². The standard InChI is InChI=1S/C22H27N3O5/c1-14-15(2)30-19(22(3,20(14)26)21(27)29-5)10-9-17-13-25(24-23-17)12-16-7-6-8-18(11-16)28-4/h6-8,11,13,15,19H,1,9-10,12H2,2-5H3/t15-,19+,22+/m0/s1. The molecule has 1 aromatic carbocycles. The molecule has 0 unspecified atom stereocenters. The number of hydrogen-bond donors (Lipinski definition) is 0. The van der Waals surface area contributed by atoms with Crippen LogP contribution in [0.5, 0.6) is 5.75 Å². The van der Waals surface area contributed by atoms with Gasteiger partial charge < -0.3 is 14.2 Å². The highest BCUT2D eigenvalue weighted by molar-refractivity contribution is 6.13. The number of benzene rings is 1. The summed E-state index contributed by atoms with van der Waals surface area (Å²) < 4.78 is 17.8. The number of nitrogens with zero attached hydrogens (tertiary/aromatic N) is 3. The average molecular weight is 413 g/mol. The van der Waals surface area contributed by atoms with Crippen LogP contribution in [0.4, 0.5) is 0 Å². The van der Waals surface area contributed by atoms with Crippen molar-refractivity contribution in [2.75, 3.05) is 14.2 Å². The highest BCUT2D eigenvalue weighted by Gasteiger charge is 2.54. The lowest BCUT2D eigenvalue weighted by atomic mass is 9.72. The number of aryl methyl sites for hydroxylation is 1. The lowest BCUT2D eigenvalue weighted by Crippen LogP contribution is -2.55. The first-order chi connectivity index (χ1) is 14.3. The van der Waals surface area contributed by atoms with Gasteiger partial charge in [-0.1, -0.05) is 23.9 Å². The van der Waals surface area contributed by atoms with Gasteiger partial charge in [-0.25, -0.2) is 4.68 Å². The molecule has 0 N–H and O–H groups in total. The Balaban J connectivity index is 1.70. The summed E-state index contributed by atoms with van der Waals surface area (Å²) in [7, 11) is 2.89. The normalized spacial score (nSPS) is 24.0. The predicted molar refractivity (Wildman–Crippen MR) is 109 cm³/mol. The molecule has 1 aliphatic heterocycles. The summed E-state index contributed by atoms with van der Waals surface area (Å²) in [5.41, 5.74) is 0.647. The zero-order valence-corrected chi connectivity index (χ0v) is 17.8. The molecular formula is C22H27N3O5. The summed E-state index contributed by atoms with van der Waals surface area (Å²) in [4.78, 5) is 25.2. The Hall–Kier alpha value is -3.00. The van der Waals surface area contributed by atoms with Crippen molar-refractivity contribution in [3.8, 4) is 5.75 Å². The predicted octanol–water partition coefficient (Wildman–Crippen LogP) is 2.36. The van der Waals surface area contributed by atoms with E-state index in [2.05, 4.69) is 16.9 Å². The van der Waals surface area contributed by atoms with Gasteiger partial charge in [-0.15, -0.1) is 5.10 Å². The molecule has 1 saturated heterocycles. The van der Waals surface area contributed by atoms with Gasteiger partial charge in [-0.2, -0.15) is 0 Å². The first kappa shape index (κ1) is 21.7. The average Bonchev–Trinajstić information content (AvgIpc) is 3.20. The number of Topliss-reactive ketones (excluding diaryl/α,β-unsaturated/α-hetero) is 1. The van der Waals surface area contributed by atoms with Crippen LogP contribution < -0.4 is 4.74 Å². The van der Waals surface area contributed by atoms with Crippen molar-refractivity contribution < 1.29 is 23.8 Å². The van der Waals surface area contributed by atoms with Crippen LogP contribution in [0.1, 0.15) is 31.5 Å². The zero-order chi connectivity index (χ0) is 21.9. The van der Waals surface area contributed by atoms with E-state index >= 15 is 0 Å². The molecule has 3 atom stereocenters. The number of aromatic nitrogens is 3. The van der Waals surface area contributed by atoms with Crippen molar-refractivity contribution in [1.29, 1.82) is 0 Å². The molecule has 0 spiro atoms. The summed E-state index contributed by atoms with van der Waals surface area (Å²) in [6, 6.07) is 7.74. The number of rotatable bonds is 7. The van der Waals surface area contributed by atoms with E-state index in [0.29, 0.717) is 19.4 Å². The van der Waals surface area contributed by atoms with Crippen LogP contribution in [0, 0.1) is 5.41 Å². The summed E-state index contributed by atoms with van der Waals surface area (Å²) >= 11 is 0. The van der Waals surface area contributed by atoms with E-state index in [-0.39, 0.29) is 11.4 Å². The molecule has 2 heterocycles. The molecule has 8 nitrogen and oxygen atoms in total. The lowest BCUT2D eigenvalue weighted by Gasteiger charge is -2.41. The quantitative estimate of drug-likeness (QED) is 0.391. The maximum atomic E-state index is 12.8. The van der Waals surface area contributed by atoms with Crippen LogP contribution in [0.15, 0.2) is 42.6 Å². The number of ether oxygens (including phenoxy) is 3. The molecule has 0 radical (unpaired) electrons. The lowest BCUT2D eigenvalue weighted by molar-refractivity contribution is -0.175. The van der Waals surface area contributed by atoms with E-state index in [1.54, 1.807) is 25.6 Å². The number of esters is 1. The van der Waals surface area contributed by atoms with E-state index in [4.69, 9.17) is 14.2 Å². The fourth-order valence-corrected chi connectivity index (χ4v) is 3.69. The largest absolute Gasteiger partial charge is 0.497 e. The molecule has 0 amide bonds. The second-order valence-electron chi connectivity index (χ2n) is 7.61. The second kappa shape index (κ2) is 8.79. The summed E-state index contributed by atoms with van der Waals surface area (Å²) in [6.45, 7) is 7.65. The first-order valence-corrected chi connectivity index (χ1v) is 9.79. The van der Waals surface area contributed by atoms with E-state index < -0.39 is 23.6 Å². The number of carbonyl (C=O) groups is 2. The van der Waals surface area contributed by atoms with Crippen molar-refractivity contribution in [1.82, 2.24) is 15.0 Å². The van der Waals surface area contributed by atoms with E-state index in [0.717, 1.165) is 17.0 Å². The Labute approximate surface area is 175 Å². The molecule has 30 heavy (non-hydrogen) atoms. The summed E-state index contributed by atoms with van der Waals surface area (Å²) in [5, 5.41) is 8.39. The molecule has 1 fully saturated rings. The van der Waals surface area contributed by atoms with Crippen molar-refractivity contribution in [2.24, 2.45) is 5.41 Å². The molecule has 1 aromatic heterocycles. The second-order valence-corrected chi connectivity index (χ2v) is 7.61. The molecule has 0 aliphatic carbocycles. The van der Waals surface area contributed by atoms with Crippen molar-refractivity contribution in [2.45, 2.75) is 45.4 Å². The van der Waals surface area contributed by atoms with Gasteiger partial charge in [0.15, 0.2) is 11.2 Å². The van der Waals surface area contributed by atoms with Gasteiger partial charge in [0.05, 0.1) is 38.7 Å². The third-order valence-corrected chi connectivity index (χ3v) is 5.60. The molecule has 160 valence electrons. The molecule has 1 aliphatic rings. The SMILES string of the molecule is C=C1C(=O)[C@](C)(C(=O)OC)[C@@H](CCc2cn(Cc3cccc(OC)c3)nn2)O[C@H]1C. The zero-order valence-electron chi connectivity index (χ0n) is 17.8. The Bertz CT molecular complexity index is 954. The van der Waals surface area contributed by atoms with Gasteiger partial charge in [-0.05, 0) is 44.4 Å². The minimum absolute atomic E-state index is 0.281. The fourth-order valence-electron chi connectivity index (χ4n) is 3.69. The Morgan fingerprint density at radius 3 is 2.83 bits per heavy atom. The van der Waals surface area contributed by atoms with Gasteiger partial charge in [0.2, 0.25) is 0 Å².